The zero-order chi connectivity index (χ0) is 17.1. The lowest BCUT2D eigenvalue weighted by Crippen LogP contribution is -2.22. The van der Waals surface area contributed by atoms with Crippen LogP contribution in [0, 0.1) is 13.8 Å². The highest BCUT2D eigenvalue weighted by Crippen LogP contribution is 2.26. The number of rotatable bonds is 5. The van der Waals surface area contributed by atoms with Gasteiger partial charge in [-0.3, -0.25) is 9.48 Å². The standard InChI is InChI=1S/C18H20N4OS/c1-12-18(13(2)22(3)21-12)20-17(23)11-19-15-7-4-6-14(10-15)16-8-5-9-24-16/h4-10,19H,11H2,1-3H3,(H,20,23). The van der Waals surface area contributed by atoms with E-state index in [0.29, 0.717) is 0 Å². The molecule has 0 aliphatic heterocycles. The molecule has 0 radical (unpaired) electrons. The van der Waals surface area contributed by atoms with E-state index >= 15 is 0 Å². The first kappa shape index (κ1) is 16.3. The zero-order valence-electron chi connectivity index (χ0n) is 14.0. The van der Waals surface area contributed by atoms with Gasteiger partial charge in [-0.05, 0) is 43.0 Å². The molecular formula is C18H20N4OS. The van der Waals surface area contributed by atoms with E-state index in [4.69, 9.17) is 0 Å². The second-order valence-corrected chi connectivity index (χ2v) is 6.58. The van der Waals surface area contributed by atoms with Gasteiger partial charge in [-0.15, -0.1) is 11.3 Å². The van der Waals surface area contributed by atoms with Crippen LogP contribution in [0.2, 0.25) is 0 Å². The maximum Gasteiger partial charge on any atom is 0.243 e. The van der Waals surface area contributed by atoms with Crippen molar-refractivity contribution in [3.05, 3.63) is 53.2 Å². The summed E-state index contributed by atoms with van der Waals surface area (Å²) in [7, 11) is 1.87. The number of nitrogens with one attached hydrogen (secondary N) is 2. The molecule has 5 nitrogen and oxygen atoms in total. The van der Waals surface area contributed by atoms with E-state index in [2.05, 4.69) is 39.3 Å². The molecule has 1 amide bonds. The number of benzene rings is 1. The molecule has 0 saturated carbocycles. The van der Waals surface area contributed by atoms with E-state index in [1.54, 1.807) is 16.0 Å². The zero-order valence-corrected chi connectivity index (χ0v) is 14.8. The second kappa shape index (κ2) is 6.88. The molecule has 1 aromatic carbocycles. The maximum absolute atomic E-state index is 12.2. The Morgan fingerprint density at radius 1 is 1.25 bits per heavy atom. The Kier molecular flexibility index (Phi) is 4.66. The number of aryl methyl sites for hydroxylation is 2. The molecule has 124 valence electrons. The molecule has 0 fully saturated rings. The average Bonchev–Trinajstić information content (AvgIpc) is 3.18. The van der Waals surface area contributed by atoms with Gasteiger partial charge in [-0.25, -0.2) is 0 Å². The van der Waals surface area contributed by atoms with E-state index in [1.165, 1.54) is 4.88 Å². The van der Waals surface area contributed by atoms with Crippen LogP contribution < -0.4 is 10.6 Å². The predicted molar refractivity (Wildman–Crippen MR) is 99.6 cm³/mol. The van der Waals surface area contributed by atoms with Crippen LogP contribution in [0.4, 0.5) is 11.4 Å². The van der Waals surface area contributed by atoms with Crippen molar-refractivity contribution in [3.8, 4) is 10.4 Å². The summed E-state index contributed by atoms with van der Waals surface area (Å²) < 4.78 is 1.77. The molecule has 6 heteroatoms. The van der Waals surface area contributed by atoms with Crippen LogP contribution in [0.1, 0.15) is 11.4 Å². The summed E-state index contributed by atoms with van der Waals surface area (Å²) in [5.74, 6) is -0.0873. The van der Waals surface area contributed by atoms with Crippen LogP contribution in [-0.2, 0) is 11.8 Å². The fourth-order valence-electron chi connectivity index (χ4n) is 2.55. The van der Waals surface area contributed by atoms with Crippen molar-refractivity contribution in [1.29, 1.82) is 0 Å². The normalized spacial score (nSPS) is 10.6. The van der Waals surface area contributed by atoms with Crippen molar-refractivity contribution in [3.63, 3.8) is 0 Å². The van der Waals surface area contributed by atoms with Crippen LogP contribution in [0.15, 0.2) is 41.8 Å². The highest BCUT2D eigenvalue weighted by Gasteiger charge is 2.12. The van der Waals surface area contributed by atoms with Crippen molar-refractivity contribution in [2.45, 2.75) is 13.8 Å². The molecule has 2 N–H and O–H groups in total. The van der Waals surface area contributed by atoms with E-state index in [0.717, 1.165) is 28.3 Å². The predicted octanol–water partition coefficient (Wildman–Crippen LogP) is 3.82. The van der Waals surface area contributed by atoms with Crippen LogP contribution in [-0.4, -0.2) is 22.2 Å². The minimum absolute atomic E-state index is 0.0873. The van der Waals surface area contributed by atoms with Crippen molar-refractivity contribution >= 4 is 28.6 Å². The summed E-state index contributed by atoms with van der Waals surface area (Å²) in [5.41, 5.74) is 4.63. The summed E-state index contributed by atoms with van der Waals surface area (Å²) >= 11 is 1.70. The smallest absolute Gasteiger partial charge is 0.243 e. The van der Waals surface area contributed by atoms with E-state index in [1.807, 2.05) is 39.1 Å². The lowest BCUT2D eigenvalue weighted by molar-refractivity contribution is -0.114. The van der Waals surface area contributed by atoms with Crippen molar-refractivity contribution < 1.29 is 4.79 Å². The summed E-state index contributed by atoms with van der Waals surface area (Å²) in [6.45, 7) is 4.04. The van der Waals surface area contributed by atoms with Crippen molar-refractivity contribution in [1.82, 2.24) is 9.78 Å². The number of anilines is 2. The number of carbonyl (C=O) groups excluding carboxylic acids is 1. The van der Waals surface area contributed by atoms with Crippen LogP contribution in [0.25, 0.3) is 10.4 Å². The van der Waals surface area contributed by atoms with Gasteiger partial charge in [0.15, 0.2) is 0 Å². The van der Waals surface area contributed by atoms with Gasteiger partial charge in [0.05, 0.1) is 23.6 Å². The monoisotopic (exact) mass is 340 g/mol. The lowest BCUT2D eigenvalue weighted by atomic mass is 10.1. The Labute approximate surface area is 145 Å². The van der Waals surface area contributed by atoms with E-state index in [9.17, 15) is 4.79 Å². The van der Waals surface area contributed by atoms with Gasteiger partial charge < -0.3 is 10.6 Å². The third-order valence-electron chi connectivity index (χ3n) is 3.89. The largest absolute Gasteiger partial charge is 0.376 e. The first-order valence-electron chi connectivity index (χ1n) is 7.72. The number of carbonyl (C=O) groups is 1. The van der Waals surface area contributed by atoms with E-state index in [-0.39, 0.29) is 12.5 Å². The Bertz CT molecular complexity index is 852. The molecule has 24 heavy (non-hydrogen) atoms. The lowest BCUT2D eigenvalue weighted by Gasteiger charge is -2.09. The summed E-state index contributed by atoms with van der Waals surface area (Å²) in [6.07, 6.45) is 0. The number of amides is 1. The van der Waals surface area contributed by atoms with Crippen molar-refractivity contribution in [2.24, 2.45) is 7.05 Å². The Balaban J connectivity index is 1.63. The minimum atomic E-state index is -0.0873. The number of hydrogen-bond acceptors (Lipinski definition) is 4. The first-order chi connectivity index (χ1) is 11.5. The number of hydrogen-bond donors (Lipinski definition) is 2. The van der Waals surface area contributed by atoms with E-state index < -0.39 is 0 Å². The third-order valence-corrected chi connectivity index (χ3v) is 4.81. The Hall–Kier alpha value is -2.60. The molecular weight excluding hydrogens is 320 g/mol. The van der Waals surface area contributed by atoms with Gasteiger partial charge >= 0.3 is 0 Å². The molecule has 0 aliphatic carbocycles. The highest BCUT2D eigenvalue weighted by molar-refractivity contribution is 7.13. The average molecular weight is 340 g/mol. The molecule has 0 atom stereocenters. The minimum Gasteiger partial charge on any atom is -0.376 e. The summed E-state index contributed by atoms with van der Waals surface area (Å²) in [6, 6.07) is 12.2. The highest BCUT2D eigenvalue weighted by atomic mass is 32.1. The number of nitrogens with zero attached hydrogens (tertiary/aromatic N) is 2. The Morgan fingerprint density at radius 2 is 2.08 bits per heavy atom. The third kappa shape index (κ3) is 3.49. The topological polar surface area (TPSA) is 59.0 Å². The molecule has 0 aliphatic rings. The van der Waals surface area contributed by atoms with Gasteiger partial charge in [0.2, 0.25) is 5.91 Å². The molecule has 2 aromatic heterocycles. The number of thiophene rings is 1. The molecule has 0 unspecified atom stereocenters. The maximum atomic E-state index is 12.2. The molecule has 3 aromatic rings. The van der Waals surface area contributed by atoms with Crippen LogP contribution in [0.3, 0.4) is 0 Å². The van der Waals surface area contributed by atoms with Crippen molar-refractivity contribution in [2.75, 3.05) is 17.2 Å². The quantitative estimate of drug-likeness (QED) is 0.742. The fourth-order valence-corrected chi connectivity index (χ4v) is 3.27. The van der Waals surface area contributed by atoms with Gasteiger partial charge in [0.25, 0.3) is 0 Å². The molecule has 2 heterocycles. The van der Waals surface area contributed by atoms with Gasteiger partial charge in [-0.2, -0.15) is 5.10 Å². The molecule has 0 spiro atoms. The van der Waals surface area contributed by atoms with Crippen LogP contribution >= 0.6 is 11.3 Å². The first-order valence-corrected chi connectivity index (χ1v) is 8.60. The SMILES string of the molecule is Cc1nn(C)c(C)c1NC(=O)CNc1cccc(-c2cccs2)c1. The number of aromatic nitrogens is 2. The Morgan fingerprint density at radius 3 is 2.75 bits per heavy atom. The van der Waals surface area contributed by atoms with Gasteiger partial charge in [0.1, 0.15) is 0 Å². The summed E-state index contributed by atoms with van der Waals surface area (Å²) in [5, 5.41) is 12.5. The fraction of sp³-hybridized carbons (Fsp3) is 0.222. The summed E-state index contributed by atoms with van der Waals surface area (Å²) in [4.78, 5) is 13.4. The van der Waals surface area contributed by atoms with Gasteiger partial charge in [-0.1, -0.05) is 18.2 Å². The van der Waals surface area contributed by atoms with Gasteiger partial charge in [0, 0.05) is 17.6 Å². The molecule has 3 rings (SSSR count). The van der Waals surface area contributed by atoms with Crippen LogP contribution in [0.5, 0.6) is 0 Å². The molecule has 0 bridgehead atoms. The second-order valence-electron chi connectivity index (χ2n) is 5.63. The molecule has 0 saturated heterocycles.